The van der Waals surface area contributed by atoms with Gasteiger partial charge in [-0.15, -0.1) is 0 Å². The van der Waals surface area contributed by atoms with Crippen LogP contribution in [-0.2, 0) is 4.79 Å². The van der Waals surface area contributed by atoms with E-state index in [-0.39, 0.29) is 17.0 Å². The zero-order valence-corrected chi connectivity index (χ0v) is 18.1. The molecule has 2 aromatic carbocycles. The minimum atomic E-state index is -0.524. The molecular formula is C26H21ClN4O. The van der Waals surface area contributed by atoms with Gasteiger partial charge >= 0.3 is 0 Å². The Morgan fingerprint density at radius 2 is 1.78 bits per heavy atom. The van der Waals surface area contributed by atoms with Crippen LogP contribution < -0.4 is 5.32 Å². The lowest BCUT2D eigenvalue weighted by Gasteiger charge is -2.29. The number of benzene rings is 2. The SMILES string of the molecule is C=C1CC(C(=O)N[C@H](c2ccc3ccc(-c4ccccc4)nc3c2)c2nccnc2Cl)C1. The summed E-state index contributed by atoms with van der Waals surface area (Å²) in [5.41, 5.74) is 5.24. The van der Waals surface area contributed by atoms with Crippen LogP contribution >= 0.6 is 11.6 Å². The summed E-state index contributed by atoms with van der Waals surface area (Å²) in [5.74, 6) is -0.0982. The number of allylic oxidation sites excluding steroid dienone is 1. The van der Waals surface area contributed by atoms with Crippen LogP contribution in [-0.4, -0.2) is 20.9 Å². The first kappa shape index (κ1) is 20.3. The van der Waals surface area contributed by atoms with Gasteiger partial charge < -0.3 is 5.32 Å². The van der Waals surface area contributed by atoms with Crippen molar-refractivity contribution in [2.45, 2.75) is 18.9 Å². The van der Waals surface area contributed by atoms with Crippen molar-refractivity contribution >= 4 is 28.4 Å². The predicted molar refractivity (Wildman–Crippen MR) is 126 cm³/mol. The highest BCUT2D eigenvalue weighted by Crippen LogP contribution is 2.34. The molecule has 0 saturated heterocycles. The molecule has 0 spiro atoms. The topological polar surface area (TPSA) is 67.8 Å². The molecular weight excluding hydrogens is 420 g/mol. The van der Waals surface area contributed by atoms with Gasteiger partial charge in [0, 0.05) is 29.3 Å². The fourth-order valence-electron chi connectivity index (χ4n) is 4.00. The predicted octanol–water partition coefficient (Wildman–Crippen LogP) is 5.52. The number of hydrogen-bond acceptors (Lipinski definition) is 4. The van der Waals surface area contributed by atoms with E-state index in [0.717, 1.165) is 33.3 Å². The smallest absolute Gasteiger partial charge is 0.224 e. The van der Waals surface area contributed by atoms with E-state index in [4.69, 9.17) is 16.6 Å². The molecule has 6 heteroatoms. The molecule has 1 amide bonds. The summed E-state index contributed by atoms with van der Waals surface area (Å²) < 4.78 is 0. The van der Waals surface area contributed by atoms with E-state index in [9.17, 15) is 4.79 Å². The quantitative estimate of drug-likeness (QED) is 0.415. The van der Waals surface area contributed by atoms with Gasteiger partial charge in [-0.05, 0) is 30.5 Å². The highest BCUT2D eigenvalue weighted by Gasteiger charge is 2.31. The van der Waals surface area contributed by atoms with Gasteiger partial charge in [0.05, 0.1) is 17.3 Å². The number of aromatic nitrogens is 3. The maximum absolute atomic E-state index is 12.9. The molecule has 5 nitrogen and oxygen atoms in total. The van der Waals surface area contributed by atoms with E-state index in [1.807, 2.05) is 54.6 Å². The molecule has 1 N–H and O–H groups in total. The van der Waals surface area contributed by atoms with E-state index in [1.165, 1.54) is 6.20 Å². The number of halogens is 1. The lowest BCUT2D eigenvalue weighted by Crippen LogP contribution is -2.38. The van der Waals surface area contributed by atoms with Gasteiger partial charge in [0.1, 0.15) is 5.69 Å². The molecule has 0 aliphatic heterocycles. The number of carbonyl (C=O) groups is 1. The molecule has 4 aromatic rings. The summed E-state index contributed by atoms with van der Waals surface area (Å²) in [4.78, 5) is 26.3. The molecule has 1 atom stereocenters. The number of pyridine rings is 1. The maximum atomic E-state index is 12.9. The lowest BCUT2D eigenvalue weighted by molar-refractivity contribution is -0.126. The number of fused-ring (bicyclic) bond motifs is 1. The molecule has 5 rings (SSSR count). The van der Waals surface area contributed by atoms with Crippen LogP contribution in [0.25, 0.3) is 22.2 Å². The van der Waals surface area contributed by atoms with Crippen molar-refractivity contribution < 1.29 is 4.79 Å². The summed E-state index contributed by atoms with van der Waals surface area (Å²) >= 11 is 6.37. The largest absolute Gasteiger partial charge is 0.343 e. The first-order valence-corrected chi connectivity index (χ1v) is 10.9. The monoisotopic (exact) mass is 440 g/mol. The minimum absolute atomic E-state index is 0.0322. The zero-order valence-electron chi connectivity index (χ0n) is 17.3. The third kappa shape index (κ3) is 3.99. The van der Waals surface area contributed by atoms with Crippen LogP contribution in [0.4, 0.5) is 0 Å². The average molecular weight is 441 g/mol. The van der Waals surface area contributed by atoms with Gasteiger partial charge in [-0.1, -0.05) is 72.3 Å². The molecule has 1 aliphatic rings. The average Bonchev–Trinajstić information content (AvgIpc) is 2.81. The third-order valence-corrected chi connectivity index (χ3v) is 6.09. The van der Waals surface area contributed by atoms with Crippen LogP contribution in [0, 0.1) is 5.92 Å². The Kier molecular flexibility index (Phi) is 5.41. The van der Waals surface area contributed by atoms with Gasteiger partial charge in [-0.2, -0.15) is 0 Å². The van der Waals surface area contributed by atoms with Gasteiger partial charge in [-0.3, -0.25) is 9.78 Å². The van der Waals surface area contributed by atoms with E-state index < -0.39 is 6.04 Å². The second-order valence-electron chi connectivity index (χ2n) is 8.04. The Bertz CT molecular complexity index is 1310. The van der Waals surface area contributed by atoms with Gasteiger partial charge in [0.15, 0.2) is 5.15 Å². The second-order valence-corrected chi connectivity index (χ2v) is 8.40. The first-order chi connectivity index (χ1) is 15.6. The van der Waals surface area contributed by atoms with E-state index in [0.29, 0.717) is 18.5 Å². The molecule has 1 saturated carbocycles. The number of amides is 1. The van der Waals surface area contributed by atoms with Crippen LogP contribution in [0.15, 0.2) is 85.2 Å². The molecule has 1 aliphatic carbocycles. The molecule has 1 fully saturated rings. The standard InChI is InChI=1S/C26H21ClN4O/c1-16-13-20(14-16)26(32)31-23(24-25(27)29-12-11-28-24)19-8-7-18-9-10-21(30-22(18)15-19)17-5-3-2-4-6-17/h2-12,15,20,23H,1,13-14H2,(H,31,32)/t23-/m1/s1. The van der Waals surface area contributed by atoms with Crippen molar-refractivity contribution in [3.8, 4) is 11.3 Å². The Morgan fingerprint density at radius 3 is 2.53 bits per heavy atom. The van der Waals surface area contributed by atoms with Crippen molar-refractivity contribution in [3.05, 3.63) is 102 Å². The molecule has 0 radical (unpaired) electrons. The van der Waals surface area contributed by atoms with Crippen LogP contribution in [0.1, 0.15) is 30.1 Å². The van der Waals surface area contributed by atoms with Crippen LogP contribution in [0.2, 0.25) is 5.15 Å². The number of rotatable bonds is 5. The minimum Gasteiger partial charge on any atom is -0.343 e. The Hall–Kier alpha value is -3.57. The maximum Gasteiger partial charge on any atom is 0.224 e. The van der Waals surface area contributed by atoms with Gasteiger partial charge in [0.25, 0.3) is 0 Å². The van der Waals surface area contributed by atoms with E-state index in [2.05, 4.69) is 27.9 Å². The first-order valence-electron chi connectivity index (χ1n) is 10.5. The molecule has 2 aromatic heterocycles. The molecule has 158 valence electrons. The molecule has 2 heterocycles. The Labute approximate surface area is 191 Å². The third-order valence-electron chi connectivity index (χ3n) is 5.80. The number of nitrogens with one attached hydrogen (secondary N) is 1. The zero-order chi connectivity index (χ0) is 22.1. The fourth-order valence-corrected chi connectivity index (χ4v) is 4.22. The lowest BCUT2D eigenvalue weighted by atomic mass is 9.80. The van der Waals surface area contributed by atoms with E-state index in [1.54, 1.807) is 6.20 Å². The summed E-state index contributed by atoms with van der Waals surface area (Å²) in [6.45, 7) is 3.94. The normalized spacial score (nSPS) is 14.7. The molecule has 32 heavy (non-hydrogen) atoms. The summed E-state index contributed by atoms with van der Waals surface area (Å²) in [6.07, 6.45) is 4.55. The van der Waals surface area contributed by atoms with Crippen molar-refractivity contribution in [3.63, 3.8) is 0 Å². The number of hydrogen-bond donors (Lipinski definition) is 1. The summed E-state index contributed by atoms with van der Waals surface area (Å²) in [7, 11) is 0. The molecule has 0 bridgehead atoms. The number of carbonyl (C=O) groups excluding carboxylic acids is 1. The summed E-state index contributed by atoms with van der Waals surface area (Å²) in [6, 6.07) is 19.5. The van der Waals surface area contributed by atoms with Crippen molar-refractivity contribution in [2.24, 2.45) is 5.92 Å². The Balaban J connectivity index is 1.55. The van der Waals surface area contributed by atoms with Crippen LogP contribution in [0.5, 0.6) is 0 Å². The van der Waals surface area contributed by atoms with Gasteiger partial charge in [0.2, 0.25) is 5.91 Å². The van der Waals surface area contributed by atoms with Gasteiger partial charge in [-0.25, -0.2) is 9.97 Å². The second kappa shape index (κ2) is 8.52. The van der Waals surface area contributed by atoms with E-state index >= 15 is 0 Å². The van der Waals surface area contributed by atoms with Crippen molar-refractivity contribution in [1.29, 1.82) is 0 Å². The van der Waals surface area contributed by atoms with Crippen molar-refractivity contribution in [2.75, 3.05) is 0 Å². The summed E-state index contributed by atoms with van der Waals surface area (Å²) in [5, 5.41) is 4.41. The highest BCUT2D eigenvalue weighted by atomic mass is 35.5. The molecule has 0 unspecified atom stereocenters. The van der Waals surface area contributed by atoms with Crippen LogP contribution in [0.3, 0.4) is 0 Å². The Morgan fingerprint density at radius 1 is 1.03 bits per heavy atom. The van der Waals surface area contributed by atoms with Crippen molar-refractivity contribution in [1.82, 2.24) is 20.3 Å². The number of nitrogens with zero attached hydrogens (tertiary/aromatic N) is 3. The highest BCUT2D eigenvalue weighted by molar-refractivity contribution is 6.30. The fraction of sp³-hybridized carbons (Fsp3) is 0.154.